The lowest BCUT2D eigenvalue weighted by Gasteiger charge is -2.35. The van der Waals surface area contributed by atoms with Gasteiger partial charge in [0.25, 0.3) is 0 Å². The molecule has 108 valence electrons. The number of hydrogen-bond acceptors (Lipinski definition) is 5. The van der Waals surface area contributed by atoms with Gasteiger partial charge >= 0.3 is 0 Å². The van der Waals surface area contributed by atoms with E-state index in [0.717, 1.165) is 32.1 Å². The number of nitrogens with two attached hydrogens (primary N) is 1. The molecule has 5 N–H and O–H groups in total. The quantitative estimate of drug-likeness (QED) is 0.617. The normalized spacial score (nSPS) is 19.4. The number of aromatic amines is 1. The summed E-state index contributed by atoms with van der Waals surface area (Å²) in [5, 5.41) is 15.5. The minimum absolute atomic E-state index is 0.00358. The first-order chi connectivity index (χ1) is 8.99. The Bertz CT molecular complexity index is 520. The molecule has 0 unspecified atom stereocenters. The van der Waals surface area contributed by atoms with Crippen LogP contribution in [-0.4, -0.2) is 36.9 Å². The first-order valence-electron chi connectivity index (χ1n) is 6.38. The van der Waals surface area contributed by atoms with Gasteiger partial charge in [0.1, 0.15) is 10.7 Å². The molecule has 0 radical (unpaired) electrons. The molecule has 0 atom stereocenters. The highest BCUT2D eigenvalue weighted by Crippen LogP contribution is 2.35. The highest BCUT2D eigenvalue weighted by atomic mass is 32.2. The number of aliphatic hydroxyl groups excluding tert-OH is 1. The minimum atomic E-state index is -3.68. The second kappa shape index (κ2) is 5.48. The van der Waals surface area contributed by atoms with Crippen LogP contribution in [0.2, 0.25) is 0 Å². The van der Waals surface area contributed by atoms with E-state index in [-0.39, 0.29) is 29.3 Å². The number of aromatic nitrogens is 2. The lowest BCUT2D eigenvalue weighted by Crippen LogP contribution is -2.41. The largest absolute Gasteiger partial charge is 0.396 e. The van der Waals surface area contributed by atoms with E-state index >= 15 is 0 Å². The monoisotopic (exact) mass is 288 g/mol. The maximum absolute atomic E-state index is 12.1. The van der Waals surface area contributed by atoms with Crippen molar-refractivity contribution in [3.63, 3.8) is 0 Å². The Kier molecular flexibility index (Phi) is 4.12. The third-order valence-electron chi connectivity index (χ3n) is 3.81. The van der Waals surface area contributed by atoms with E-state index in [1.54, 1.807) is 0 Å². The van der Waals surface area contributed by atoms with Crippen LogP contribution in [0.3, 0.4) is 0 Å². The molecule has 7 nitrogen and oxygen atoms in total. The Hall–Kier alpha value is -1.12. The predicted octanol–water partition coefficient (Wildman–Crippen LogP) is 0.213. The van der Waals surface area contributed by atoms with Crippen molar-refractivity contribution in [3.05, 3.63) is 6.20 Å². The summed E-state index contributed by atoms with van der Waals surface area (Å²) in [6.45, 7) is 0.229. The Balaban J connectivity index is 2.07. The summed E-state index contributed by atoms with van der Waals surface area (Å²) in [4.78, 5) is -0.0450. The highest BCUT2D eigenvalue weighted by Gasteiger charge is 2.33. The van der Waals surface area contributed by atoms with E-state index in [9.17, 15) is 13.5 Å². The highest BCUT2D eigenvalue weighted by molar-refractivity contribution is 7.89. The van der Waals surface area contributed by atoms with Crippen molar-refractivity contribution < 1.29 is 13.5 Å². The predicted molar refractivity (Wildman–Crippen MR) is 70.8 cm³/mol. The molecule has 1 aliphatic rings. The third kappa shape index (κ3) is 3.07. The van der Waals surface area contributed by atoms with Gasteiger partial charge in [-0.25, -0.2) is 13.1 Å². The van der Waals surface area contributed by atoms with Crippen molar-refractivity contribution in [2.75, 3.05) is 18.9 Å². The number of rotatable bonds is 5. The molecule has 1 aliphatic carbocycles. The van der Waals surface area contributed by atoms with Crippen molar-refractivity contribution in [3.8, 4) is 0 Å². The van der Waals surface area contributed by atoms with Gasteiger partial charge in [0.15, 0.2) is 0 Å². The van der Waals surface area contributed by atoms with Crippen molar-refractivity contribution in [1.29, 1.82) is 0 Å². The molecule has 2 rings (SSSR count). The SMILES string of the molecule is Nc1[nH]ncc1S(=O)(=O)NCC1(CO)CCCCC1. The standard InChI is InChI=1S/C11H20N4O3S/c12-10-9(6-13-15-10)19(17,18)14-7-11(8-16)4-2-1-3-5-11/h6,14,16H,1-5,7-8H2,(H3,12,13,15). The van der Waals surface area contributed by atoms with Crippen molar-refractivity contribution >= 4 is 15.8 Å². The Morgan fingerprint density at radius 3 is 2.63 bits per heavy atom. The minimum Gasteiger partial charge on any atom is -0.396 e. The zero-order chi connectivity index (χ0) is 13.9. The number of nitrogens with one attached hydrogen (secondary N) is 2. The van der Waals surface area contributed by atoms with E-state index in [2.05, 4.69) is 14.9 Å². The number of anilines is 1. The molecule has 0 bridgehead atoms. The van der Waals surface area contributed by atoms with E-state index in [1.807, 2.05) is 0 Å². The maximum Gasteiger partial charge on any atom is 0.245 e. The zero-order valence-electron chi connectivity index (χ0n) is 10.7. The van der Waals surface area contributed by atoms with Crippen LogP contribution in [0.4, 0.5) is 5.82 Å². The average Bonchev–Trinajstić information content (AvgIpc) is 2.85. The van der Waals surface area contributed by atoms with Gasteiger partial charge in [-0.15, -0.1) is 0 Å². The van der Waals surface area contributed by atoms with Gasteiger partial charge in [-0.1, -0.05) is 19.3 Å². The molecule has 8 heteroatoms. The second-order valence-electron chi connectivity index (χ2n) is 5.19. The first kappa shape index (κ1) is 14.3. The van der Waals surface area contributed by atoms with Crippen LogP contribution in [0.15, 0.2) is 11.1 Å². The fourth-order valence-electron chi connectivity index (χ4n) is 2.52. The van der Waals surface area contributed by atoms with Crippen LogP contribution >= 0.6 is 0 Å². The third-order valence-corrected chi connectivity index (χ3v) is 5.24. The zero-order valence-corrected chi connectivity index (χ0v) is 11.5. The van der Waals surface area contributed by atoms with Crippen molar-refractivity contribution in [2.45, 2.75) is 37.0 Å². The Morgan fingerprint density at radius 1 is 1.42 bits per heavy atom. The van der Waals surface area contributed by atoms with Gasteiger partial charge in [0.05, 0.1) is 6.20 Å². The number of sulfonamides is 1. The number of H-pyrrole nitrogens is 1. The molecular formula is C11H20N4O3S. The average molecular weight is 288 g/mol. The van der Waals surface area contributed by atoms with Gasteiger partial charge in [0.2, 0.25) is 10.0 Å². The molecule has 1 aromatic heterocycles. The topological polar surface area (TPSA) is 121 Å². The van der Waals surface area contributed by atoms with Crippen molar-refractivity contribution in [2.24, 2.45) is 5.41 Å². The van der Waals surface area contributed by atoms with Crippen LogP contribution in [0, 0.1) is 5.41 Å². The second-order valence-corrected chi connectivity index (χ2v) is 6.93. The van der Waals surface area contributed by atoms with Gasteiger partial charge in [-0.05, 0) is 12.8 Å². The molecule has 0 spiro atoms. The lowest BCUT2D eigenvalue weighted by molar-refractivity contribution is 0.0867. The van der Waals surface area contributed by atoms with Gasteiger partial charge < -0.3 is 10.8 Å². The maximum atomic E-state index is 12.1. The summed E-state index contributed by atoms with van der Waals surface area (Å²) in [7, 11) is -3.68. The first-order valence-corrected chi connectivity index (χ1v) is 7.87. The van der Waals surface area contributed by atoms with E-state index in [1.165, 1.54) is 6.20 Å². The van der Waals surface area contributed by atoms with Crippen LogP contribution in [0.5, 0.6) is 0 Å². The smallest absolute Gasteiger partial charge is 0.245 e. The van der Waals surface area contributed by atoms with Crippen LogP contribution in [0.25, 0.3) is 0 Å². The number of nitrogen functional groups attached to an aromatic ring is 1. The van der Waals surface area contributed by atoms with E-state index < -0.39 is 10.0 Å². The molecule has 0 aromatic carbocycles. The number of aliphatic hydroxyl groups is 1. The van der Waals surface area contributed by atoms with Crippen LogP contribution in [0.1, 0.15) is 32.1 Å². The Morgan fingerprint density at radius 2 is 2.11 bits per heavy atom. The van der Waals surface area contributed by atoms with Gasteiger partial charge in [-0.3, -0.25) is 5.10 Å². The van der Waals surface area contributed by atoms with Crippen molar-refractivity contribution in [1.82, 2.24) is 14.9 Å². The number of hydrogen-bond donors (Lipinski definition) is 4. The molecule has 0 aliphatic heterocycles. The summed E-state index contributed by atoms with van der Waals surface area (Å²) < 4.78 is 26.7. The number of nitrogens with zero attached hydrogens (tertiary/aromatic N) is 1. The summed E-state index contributed by atoms with van der Waals surface area (Å²) in [6.07, 6.45) is 6.05. The molecule has 0 saturated heterocycles. The molecule has 19 heavy (non-hydrogen) atoms. The van der Waals surface area contributed by atoms with Crippen LogP contribution < -0.4 is 10.5 Å². The molecule has 1 heterocycles. The van der Waals surface area contributed by atoms with E-state index in [0.29, 0.717) is 0 Å². The molecule has 0 amide bonds. The molecule has 1 aromatic rings. The summed E-state index contributed by atoms with van der Waals surface area (Å²) in [5.74, 6) is 0.0224. The molecule has 1 saturated carbocycles. The summed E-state index contributed by atoms with van der Waals surface area (Å²) >= 11 is 0. The lowest BCUT2D eigenvalue weighted by atomic mass is 9.75. The Labute approximate surface area is 112 Å². The summed E-state index contributed by atoms with van der Waals surface area (Å²) in [6, 6.07) is 0. The summed E-state index contributed by atoms with van der Waals surface area (Å²) in [5.41, 5.74) is 5.17. The van der Waals surface area contributed by atoms with Crippen LogP contribution in [-0.2, 0) is 10.0 Å². The fourth-order valence-corrected chi connectivity index (χ4v) is 3.70. The fraction of sp³-hybridized carbons (Fsp3) is 0.727. The molecular weight excluding hydrogens is 268 g/mol. The van der Waals surface area contributed by atoms with Gasteiger partial charge in [0, 0.05) is 18.6 Å². The molecule has 1 fully saturated rings. The van der Waals surface area contributed by atoms with Gasteiger partial charge in [-0.2, -0.15) is 5.10 Å². The van der Waals surface area contributed by atoms with E-state index in [4.69, 9.17) is 5.73 Å².